The Labute approximate surface area is 112 Å². The number of rotatable bonds is 3. The number of halogens is 3. The number of nitrogens with two attached hydrogens (primary N) is 1. The molecule has 0 bridgehead atoms. The zero-order valence-electron chi connectivity index (χ0n) is 10.7. The van der Waals surface area contributed by atoms with Crippen molar-refractivity contribution in [2.24, 2.45) is 5.73 Å². The van der Waals surface area contributed by atoms with Gasteiger partial charge in [-0.3, -0.25) is 4.79 Å². The summed E-state index contributed by atoms with van der Waals surface area (Å²) >= 11 is 0. The van der Waals surface area contributed by atoms with Crippen LogP contribution < -0.4 is 10.6 Å². The summed E-state index contributed by atoms with van der Waals surface area (Å²) in [7, 11) is 1.13. The number of hydrogen-bond acceptors (Lipinski definition) is 3. The minimum Gasteiger partial charge on any atom is -0.478 e. The molecule has 0 radical (unpaired) electrons. The van der Waals surface area contributed by atoms with Gasteiger partial charge in [-0.1, -0.05) is 0 Å². The maximum Gasteiger partial charge on any atom is 0.415 e. The number of alkyl halides is 3. The van der Waals surface area contributed by atoms with E-state index in [4.69, 9.17) is 10.8 Å². The predicted molar refractivity (Wildman–Crippen MR) is 65.5 cm³/mol. The van der Waals surface area contributed by atoms with Crippen LogP contribution in [-0.2, 0) is 4.79 Å². The molecule has 5 nitrogen and oxygen atoms in total. The summed E-state index contributed by atoms with van der Waals surface area (Å²) in [6, 6.07) is 4.83. The Bertz CT molecular complexity index is 524. The van der Waals surface area contributed by atoms with Crippen LogP contribution in [0.5, 0.6) is 0 Å². The van der Waals surface area contributed by atoms with E-state index in [1.54, 1.807) is 0 Å². The number of anilines is 1. The first-order valence-electron chi connectivity index (χ1n) is 5.45. The fourth-order valence-corrected chi connectivity index (χ4v) is 1.41. The molecule has 0 aliphatic carbocycles. The van der Waals surface area contributed by atoms with Crippen LogP contribution in [0.15, 0.2) is 24.3 Å². The summed E-state index contributed by atoms with van der Waals surface area (Å²) in [6.45, 7) is 0.581. The lowest BCUT2D eigenvalue weighted by molar-refractivity contribution is -0.185. The molecule has 0 fully saturated rings. The third-order valence-corrected chi connectivity index (χ3v) is 2.84. The lowest BCUT2D eigenvalue weighted by atomic mass is 10.0. The van der Waals surface area contributed by atoms with Crippen molar-refractivity contribution in [3.05, 3.63) is 29.8 Å². The van der Waals surface area contributed by atoms with Crippen LogP contribution in [0, 0.1) is 0 Å². The Hall–Kier alpha value is -2.09. The SMILES string of the molecule is CN(C(=O)C(C)(N)C(F)(F)F)c1ccc(C(=O)O)cc1. The van der Waals surface area contributed by atoms with Gasteiger partial charge in [0.15, 0.2) is 5.54 Å². The molecule has 0 aromatic heterocycles. The average molecular weight is 290 g/mol. The largest absolute Gasteiger partial charge is 0.478 e. The van der Waals surface area contributed by atoms with E-state index in [0.29, 0.717) is 6.92 Å². The third kappa shape index (κ3) is 2.90. The molecule has 1 unspecified atom stereocenters. The molecule has 1 rings (SSSR count). The third-order valence-electron chi connectivity index (χ3n) is 2.84. The summed E-state index contributed by atoms with van der Waals surface area (Å²) in [5.74, 6) is -2.52. The highest BCUT2D eigenvalue weighted by atomic mass is 19.4. The molecule has 0 saturated heterocycles. The second kappa shape index (κ2) is 5.12. The second-order valence-corrected chi connectivity index (χ2v) is 4.42. The van der Waals surface area contributed by atoms with Crippen molar-refractivity contribution in [1.29, 1.82) is 0 Å². The van der Waals surface area contributed by atoms with Gasteiger partial charge in [-0.2, -0.15) is 13.2 Å². The average Bonchev–Trinajstić information content (AvgIpc) is 2.35. The predicted octanol–water partition coefficient (Wildman–Crippen LogP) is 1.63. The Kier molecular flexibility index (Phi) is 4.09. The van der Waals surface area contributed by atoms with Gasteiger partial charge in [0.05, 0.1) is 5.56 Å². The number of likely N-dealkylation sites (N-methyl/N-ethyl adjacent to an activating group) is 1. The van der Waals surface area contributed by atoms with Crippen molar-refractivity contribution in [3.8, 4) is 0 Å². The molecular weight excluding hydrogens is 277 g/mol. The van der Waals surface area contributed by atoms with E-state index >= 15 is 0 Å². The molecule has 8 heteroatoms. The summed E-state index contributed by atoms with van der Waals surface area (Å²) in [6.07, 6.45) is -4.89. The van der Waals surface area contributed by atoms with Gasteiger partial charge in [-0.15, -0.1) is 0 Å². The summed E-state index contributed by atoms with van der Waals surface area (Å²) in [4.78, 5) is 23.2. The van der Waals surface area contributed by atoms with E-state index in [1.165, 1.54) is 24.3 Å². The highest BCUT2D eigenvalue weighted by molar-refractivity contribution is 6.00. The maximum atomic E-state index is 12.7. The number of carboxylic acid groups (broad SMARTS) is 1. The van der Waals surface area contributed by atoms with Crippen molar-refractivity contribution >= 4 is 17.6 Å². The van der Waals surface area contributed by atoms with Gasteiger partial charge in [-0.05, 0) is 31.2 Å². The molecule has 1 amide bonds. The van der Waals surface area contributed by atoms with Crippen LogP contribution >= 0.6 is 0 Å². The standard InChI is InChI=1S/C12H13F3N2O3/c1-11(16,12(13,14)15)10(20)17(2)8-5-3-7(4-6-8)9(18)19/h3-6H,16H2,1-2H3,(H,18,19). The van der Waals surface area contributed by atoms with Crippen molar-refractivity contribution in [2.45, 2.75) is 18.6 Å². The van der Waals surface area contributed by atoms with Gasteiger partial charge in [0.2, 0.25) is 0 Å². The molecule has 1 aromatic rings. The lowest BCUT2D eigenvalue weighted by Crippen LogP contribution is -2.61. The van der Waals surface area contributed by atoms with Crippen LogP contribution in [0.4, 0.5) is 18.9 Å². The Morgan fingerprint density at radius 3 is 2.00 bits per heavy atom. The van der Waals surface area contributed by atoms with Crippen molar-refractivity contribution in [1.82, 2.24) is 0 Å². The number of nitrogens with zero attached hydrogens (tertiary/aromatic N) is 1. The number of hydrogen-bond donors (Lipinski definition) is 2. The number of carbonyl (C=O) groups excluding carboxylic acids is 1. The Balaban J connectivity index is 3.03. The van der Waals surface area contributed by atoms with Crippen molar-refractivity contribution < 1.29 is 27.9 Å². The molecule has 0 saturated carbocycles. The van der Waals surface area contributed by atoms with Gasteiger partial charge in [-0.25, -0.2) is 4.79 Å². The number of amides is 1. The number of benzene rings is 1. The molecule has 0 heterocycles. The molecule has 0 aliphatic heterocycles. The van der Waals surface area contributed by atoms with Gasteiger partial charge < -0.3 is 15.7 Å². The molecule has 0 aliphatic rings. The summed E-state index contributed by atoms with van der Waals surface area (Å²) < 4.78 is 38.0. The molecule has 20 heavy (non-hydrogen) atoms. The molecule has 1 aromatic carbocycles. The minimum absolute atomic E-state index is 0.0408. The molecule has 110 valence electrons. The quantitative estimate of drug-likeness (QED) is 0.886. The number of carboxylic acids is 1. The second-order valence-electron chi connectivity index (χ2n) is 4.42. The number of carbonyl (C=O) groups is 2. The summed E-state index contributed by atoms with van der Waals surface area (Å²) in [5.41, 5.74) is 2.09. The fraction of sp³-hybridized carbons (Fsp3) is 0.333. The minimum atomic E-state index is -4.89. The zero-order valence-corrected chi connectivity index (χ0v) is 10.7. The van der Waals surface area contributed by atoms with E-state index in [2.05, 4.69) is 0 Å². The van der Waals surface area contributed by atoms with Gasteiger partial charge >= 0.3 is 12.1 Å². The Morgan fingerprint density at radius 1 is 1.20 bits per heavy atom. The first-order valence-corrected chi connectivity index (χ1v) is 5.45. The van der Waals surface area contributed by atoms with Crippen molar-refractivity contribution in [2.75, 3.05) is 11.9 Å². The molecule has 1 atom stereocenters. The zero-order chi connectivity index (χ0) is 15.7. The monoisotopic (exact) mass is 290 g/mol. The van der Waals surface area contributed by atoms with Crippen LogP contribution in [0.25, 0.3) is 0 Å². The van der Waals surface area contributed by atoms with E-state index in [0.717, 1.165) is 11.9 Å². The normalized spacial score (nSPS) is 14.5. The molecule has 0 spiro atoms. The number of aromatic carboxylic acids is 1. The van der Waals surface area contributed by atoms with Crippen LogP contribution in [0.1, 0.15) is 17.3 Å². The smallest absolute Gasteiger partial charge is 0.415 e. The highest BCUT2D eigenvalue weighted by Gasteiger charge is 2.55. The molecule has 3 N–H and O–H groups in total. The van der Waals surface area contributed by atoms with E-state index in [1.807, 2.05) is 0 Å². The van der Waals surface area contributed by atoms with Crippen LogP contribution in [0.2, 0.25) is 0 Å². The first-order chi connectivity index (χ1) is 8.98. The maximum absolute atomic E-state index is 12.7. The van der Waals surface area contributed by atoms with Gasteiger partial charge in [0.1, 0.15) is 0 Å². The molecular formula is C12H13F3N2O3. The van der Waals surface area contributed by atoms with Crippen LogP contribution in [0.3, 0.4) is 0 Å². The Morgan fingerprint density at radius 2 is 1.65 bits per heavy atom. The van der Waals surface area contributed by atoms with E-state index in [9.17, 15) is 22.8 Å². The van der Waals surface area contributed by atoms with Gasteiger partial charge in [0.25, 0.3) is 5.91 Å². The van der Waals surface area contributed by atoms with Gasteiger partial charge in [0, 0.05) is 12.7 Å². The fourth-order valence-electron chi connectivity index (χ4n) is 1.41. The van der Waals surface area contributed by atoms with E-state index < -0.39 is 23.6 Å². The summed E-state index contributed by atoms with van der Waals surface area (Å²) in [5, 5.41) is 8.71. The van der Waals surface area contributed by atoms with E-state index in [-0.39, 0.29) is 11.3 Å². The first kappa shape index (κ1) is 16.0. The van der Waals surface area contributed by atoms with Crippen molar-refractivity contribution in [3.63, 3.8) is 0 Å². The van der Waals surface area contributed by atoms with Crippen LogP contribution in [-0.4, -0.2) is 35.7 Å². The lowest BCUT2D eigenvalue weighted by Gasteiger charge is -2.30. The highest BCUT2D eigenvalue weighted by Crippen LogP contribution is 2.30. The topological polar surface area (TPSA) is 83.6 Å².